The van der Waals surface area contributed by atoms with E-state index in [0.717, 1.165) is 12.8 Å². The molecule has 0 saturated heterocycles. The summed E-state index contributed by atoms with van der Waals surface area (Å²) in [5.74, 6) is -2.79. The summed E-state index contributed by atoms with van der Waals surface area (Å²) in [6.45, 7) is 0. The van der Waals surface area contributed by atoms with Gasteiger partial charge in [-0.1, -0.05) is 0 Å². The van der Waals surface area contributed by atoms with Gasteiger partial charge in [-0.3, -0.25) is 0 Å². The van der Waals surface area contributed by atoms with E-state index in [1.54, 1.807) is 0 Å². The maximum Gasteiger partial charge on any atom is 0.373 e. The van der Waals surface area contributed by atoms with Crippen LogP contribution in [0.15, 0.2) is 6.07 Å². The zero-order chi connectivity index (χ0) is 11.0. The Morgan fingerprint density at radius 3 is 2.33 bits per heavy atom. The number of carboxylic acid groups (broad SMARTS) is 2. The number of hydrogen-bond donors (Lipinski definition) is 2. The summed E-state index contributed by atoms with van der Waals surface area (Å²) in [6, 6.07) is 1.34. The molecule has 0 aliphatic heterocycles. The van der Waals surface area contributed by atoms with Crippen molar-refractivity contribution in [2.75, 3.05) is 0 Å². The van der Waals surface area contributed by atoms with Crippen LogP contribution in [0.2, 0.25) is 0 Å². The SMILES string of the molecule is O=C(O)c1cc(C2CC2)nc(C(=O)O)n1. The van der Waals surface area contributed by atoms with Gasteiger partial charge in [0.1, 0.15) is 0 Å². The Hall–Kier alpha value is -1.98. The molecule has 2 N–H and O–H groups in total. The smallest absolute Gasteiger partial charge is 0.373 e. The van der Waals surface area contributed by atoms with Crippen LogP contribution < -0.4 is 0 Å². The maximum absolute atomic E-state index is 10.7. The quantitative estimate of drug-likeness (QED) is 0.760. The third kappa shape index (κ3) is 1.93. The lowest BCUT2D eigenvalue weighted by Gasteiger charge is -2.01. The number of aromatic nitrogens is 2. The minimum atomic E-state index is -1.31. The number of nitrogens with zero attached hydrogens (tertiary/aromatic N) is 2. The zero-order valence-corrected chi connectivity index (χ0v) is 7.67. The molecule has 0 aromatic carbocycles. The first-order valence-electron chi connectivity index (χ1n) is 4.43. The van der Waals surface area contributed by atoms with E-state index >= 15 is 0 Å². The molecule has 1 aliphatic carbocycles. The fourth-order valence-electron chi connectivity index (χ4n) is 1.26. The molecule has 6 heteroatoms. The van der Waals surface area contributed by atoms with Crippen molar-refractivity contribution in [1.29, 1.82) is 0 Å². The van der Waals surface area contributed by atoms with Gasteiger partial charge in [-0.25, -0.2) is 19.6 Å². The van der Waals surface area contributed by atoms with Crippen LogP contribution in [-0.2, 0) is 0 Å². The fraction of sp³-hybridized carbons (Fsp3) is 0.333. The first kappa shape index (κ1) is 9.57. The Morgan fingerprint density at radius 1 is 1.20 bits per heavy atom. The van der Waals surface area contributed by atoms with Crippen LogP contribution in [0.5, 0.6) is 0 Å². The highest BCUT2D eigenvalue weighted by Gasteiger charge is 2.27. The molecule has 0 radical (unpaired) electrons. The van der Waals surface area contributed by atoms with Crippen LogP contribution in [0.3, 0.4) is 0 Å². The Labute approximate surface area is 84.6 Å². The molecule has 1 saturated carbocycles. The van der Waals surface area contributed by atoms with E-state index in [1.807, 2.05) is 0 Å². The minimum Gasteiger partial charge on any atom is -0.477 e. The summed E-state index contributed by atoms with van der Waals surface area (Å²) >= 11 is 0. The standard InChI is InChI=1S/C9H8N2O4/c12-8(13)6-3-5(4-1-2-4)10-7(11-6)9(14)15/h3-4H,1-2H2,(H,12,13)(H,14,15). The number of rotatable bonds is 3. The molecular weight excluding hydrogens is 200 g/mol. The number of aromatic carboxylic acids is 2. The molecule has 1 aromatic heterocycles. The molecule has 1 heterocycles. The molecule has 0 bridgehead atoms. The van der Waals surface area contributed by atoms with E-state index in [0.29, 0.717) is 5.69 Å². The van der Waals surface area contributed by atoms with E-state index in [2.05, 4.69) is 9.97 Å². The summed E-state index contributed by atoms with van der Waals surface area (Å²) in [6.07, 6.45) is 1.85. The number of carboxylic acids is 2. The summed E-state index contributed by atoms with van der Waals surface area (Å²) in [7, 11) is 0. The van der Waals surface area contributed by atoms with Gasteiger partial charge >= 0.3 is 11.9 Å². The Bertz CT molecular complexity index is 407. The molecule has 6 nitrogen and oxygen atoms in total. The second kappa shape index (κ2) is 3.30. The lowest BCUT2D eigenvalue weighted by atomic mass is 10.2. The van der Waals surface area contributed by atoms with Crippen LogP contribution in [-0.4, -0.2) is 32.1 Å². The Kier molecular flexibility index (Phi) is 2.11. The molecule has 0 amide bonds. The molecule has 0 spiro atoms. The Morgan fingerprint density at radius 2 is 1.87 bits per heavy atom. The highest BCUT2D eigenvalue weighted by atomic mass is 16.4. The first-order chi connectivity index (χ1) is 7.08. The van der Waals surface area contributed by atoms with E-state index in [4.69, 9.17) is 10.2 Å². The molecule has 78 valence electrons. The van der Waals surface area contributed by atoms with Gasteiger partial charge in [0.25, 0.3) is 0 Å². The summed E-state index contributed by atoms with van der Waals surface area (Å²) in [4.78, 5) is 28.6. The van der Waals surface area contributed by atoms with Crippen molar-refractivity contribution >= 4 is 11.9 Å². The lowest BCUT2D eigenvalue weighted by Crippen LogP contribution is -2.11. The minimum absolute atomic E-state index is 0.198. The second-order valence-corrected chi connectivity index (χ2v) is 3.39. The van der Waals surface area contributed by atoms with Gasteiger partial charge in [-0.15, -0.1) is 0 Å². The van der Waals surface area contributed by atoms with Crippen molar-refractivity contribution in [2.24, 2.45) is 0 Å². The highest BCUT2D eigenvalue weighted by molar-refractivity contribution is 5.88. The van der Waals surface area contributed by atoms with Crippen molar-refractivity contribution in [1.82, 2.24) is 9.97 Å². The van der Waals surface area contributed by atoms with Gasteiger partial charge in [-0.05, 0) is 18.9 Å². The third-order valence-corrected chi connectivity index (χ3v) is 2.15. The summed E-state index contributed by atoms with van der Waals surface area (Å²) in [5.41, 5.74) is 0.254. The van der Waals surface area contributed by atoms with E-state index < -0.39 is 17.8 Å². The molecule has 0 atom stereocenters. The summed E-state index contributed by atoms with van der Waals surface area (Å²) in [5, 5.41) is 17.4. The van der Waals surface area contributed by atoms with E-state index in [1.165, 1.54) is 6.07 Å². The lowest BCUT2D eigenvalue weighted by molar-refractivity contribution is 0.0678. The number of carbonyl (C=O) groups is 2. The van der Waals surface area contributed by atoms with Crippen LogP contribution in [0.1, 0.15) is 45.6 Å². The highest BCUT2D eigenvalue weighted by Crippen LogP contribution is 2.39. The molecule has 1 aromatic rings. The monoisotopic (exact) mass is 208 g/mol. The molecule has 1 aliphatic rings. The van der Waals surface area contributed by atoms with Gasteiger partial charge < -0.3 is 10.2 Å². The van der Waals surface area contributed by atoms with Gasteiger partial charge in [-0.2, -0.15) is 0 Å². The van der Waals surface area contributed by atoms with Gasteiger partial charge in [0.05, 0.1) is 0 Å². The first-order valence-corrected chi connectivity index (χ1v) is 4.43. The largest absolute Gasteiger partial charge is 0.477 e. The predicted octanol–water partition coefficient (Wildman–Crippen LogP) is 0.750. The van der Waals surface area contributed by atoms with Crippen LogP contribution in [0.25, 0.3) is 0 Å². The molecule has 2 rings (SSSR count). The van der Waals surface area contributed by atoms with Gasteiger partial charge in [0.15, 0.2) is 5.69 Å². The van der Waals surface area contributed by atoms with Crippen LogP contribution in [0, 0.1) is 0 Å². The topological polar surface area (TPSA) is 100 Å². The second-order valence-electron chi connectivity index (χ2n) is 3.39. The van der Waals surface area contributed by atoms with Crippen LogP contribution >= 0.6 is 0 Å². The molecule has 1 fully saturated rings. The van der Waals surface area contributed by atoms with Gasteiger partial charge in [0.2, 0.25) is 5.82 Å². The van der Waals surface area contributed by atoms with Crippen molar-refractivity contribution in [3.8, 4) is 0 Å². The van der Waals surface area contributed by atoms with E-state index in [9.17, 15) is 9.59 Å². The fourth-order valence-corrected chi connectivity index (χ4v) is 1.26. The Balaban J connectivity index is 2.47. The van der Waals surface area contributed by atoms with E-state index in [-0.39, 0.29) is 11.6 Å². The molecule has 15 heavy (non-hydrogen) atoms. The summed E-state index contributed by atoms with van der Waals surface area (Å²) < 4.78 is 0. The molecular formula is C9H8N2O4. The average Bonchev–Trinajstić information content (AvgIpc) is 3.00. The third-order valence-electron chi connectivity index (χ3n) is 2.15. The maximum atomic E-state index is 10.7. The van der Waals surface area contributed by atoms with Crippen molar-refractivity contribution in [3.05, 3.63) is 23.3 Å². The normalized spacial score (nSPS) is 14.9. The van der Waals surface area contributed by atoms with Crippen molar-refractivity contribution < 1.29 is 19.8 Å². The van der Waals surface area contributed by atoms with Crippen molar-refractivity contribution in [3.63, 3.8) is 0 Å². The molecule has 0 unspecified atom stereocenters. The van der Waals surface area contributed by atoms with Crippen molar-refractivity contribution in [2.45, 2.75) is 18.8 Å². The van der Waals surface area contributed by atoms with Gasteiger partial charge in [0, 0.05) is 11.6 Å². The predicted molar refractivity (Wildman–Crippen MR) is 47.9 cm³/mol. The average molecular weight is 208 g/mol. The van der Waals surface area contributed by atoms with Crippen LogP contribution in [0.4, 0.5) is 0 Å². The zero-order valence-electron chi connectivity index (χ0n) is 7.67. The number of hydrogen-bond acceptors (Lipinski definition) is 4.